The highest BCUT2D eigenvalue weighted by molar-refractivity contribution is 9.10. The molecule has 118 valence electrons. The molecular weight excluding hydrogens is 363 g/mol. The summed E-state index contributed by atoms with van der Waals surface area (Å²) in [5, 5.41) is 10.5. The second-order valence-corrected chi connectivity index (χ2v) is 5.67. The Bertz CT molecular complexity index is 830. The number of hydrogen-bond acceptors (Lipinski definition) is 5. The van der Waals surface area contributed by atoms with Crippen molar-refractivity contribution < 1.29 is 4.39 Å². The van der Waals surface area contributed by atoms with Gasteiger partial charge >= 0.3 is 0 Å². The molecule has 0 unspecified atom stereocenters. The highest BCUT2D eigenvalue weighted by atomic mass is 79.9. The van der Waals surface area contributed by atoms with Crippen LogP contribution in [0.4, 0.5) is 21.8 Å². The summed E-state index contributed by atoms with van der Waals surface area (Å²) in [6.45, 7) is 1.88. The van der Waals surface area contributed by atoms with E-state index in [1.54, 1.807) is 30.1 Å². The molecule has 3 aromatic rings. The van der Waals surface area contributed by atoms with E-state index in [0.717, 1.165) is 21.5 Å². The lowest BCUT2D eigenvalue weighted by Crippen LogP contribution is -2.01. The second-order valence-electron chi connectivity index (χ2n) is 4.81. The molecule has 0 radical (unpaired) electrons. The molecule has 2 heterocycles. The van der Waals surface area contributed by atoms with Crippen LogP contribution in [0.25, 0.3) is 5.69 Å². The molecule has 3 rings (SSSR count). The number of nitrogens with one attached hydrogen (secondary N) is 2. The number of rotatable bonds is 4. The molecule has 0 saturated carbocycles. The molecule has 0 aliphatic heterocycles. The Morgan fingerprint density at radius 1 is 1.22 bits per heavy atom. The van der Waals surface area contributed by atoms with E-state index in [9.17, 15) is 4.39 Å². The third kappa shape index (κ3) is 3.31. The van der Waals surface area contributed by atoms with Crippen molar-refractivity contribution >= 4 is 33.4 Å². The van der Waals surface area contributed by atoms with E-state index < -0.39 is 0 Å². The van der Waals surface area contributed by atoms with Gasteiger partial charge in [0.15, 0.2) is 0 Å². The molecule has 0 aliphatic carbocycles. The fourth-order valence-electron chi connectivity index (χ4n) is 2.03. The number of aryl methyl sites for hydroxylation is 1. The van der Waals surface area contributed by atoms with E-state index in [1.807, 2.05) is 13.1 Å². The second kappa shape index (κ2) is 6.33. The van der Waals surface area contributed by atoms with E-state index in [1.165, 1.54) is 12.1 Å². The summed E-state index contributed by atoms with van der Waals surface area (Å²) in [6, 6.07) is 6.13. The van der Waals surface area contributed by atoms with Crippen molar-refractivity contribution in [2.75, 3.05) is 17.7 Å². The van der Waals surface area contributed by atoms with Gasteiger partial charge in [0, 0.05) is 13.2 Å². The molecule has 8 heteroatoms. The van der Waals surface area contributed by atoms with Crippen molar-refractivity contribution in [1.29, 1.82) is 0 Å². The first-order chi connectivity index (χ1) is 11.1. The van der Waals surface area contributed by atoms with Gasteiger partial charge in [-0.05, 0) is 47.1 Å². The van der Waals surface area contributed by atoms with Crippen LogP contribution in [-0.4, -0.2) is 26.8 Å². The fourth-order valence-corrected chi connectivity index (χ4v) is 2.42. The minimum absolute atomic E-state index is 0.279. The molecule has 2 N–H and O–H groups in total. The summed E-state index contributed by atoms with van der Waals surface area (Å²) in [7, 11) is 1.79. The normalized spacial score (nSPS) is 10.6. The van der Waals surface area contributed by atoms with Crippen molar-refractivity contribution in [2.24, 2.45) is 0 Å². The molecule has 0 spiro atoms. The average molecular weight is 377 g/mol. The zero-order valence-corrected chi connectivity index (χ0v) is 14.1. The Balaban J connectivity index is 1.88. The maximum absolute atomic E-state index is 13.0. The van der Waals surface area contributed by atoms with E-state index >= 15 is 0 Å². The molecule has 0 atom stereocenters. The van der Waals surface area contributed by atoms with Gasteiger partial charge in [0.05, 0.1) is 27.7 Å². The zero-order chi connectivity index (χ0) is 16.4. The molecule has 2 aromatic heterocycles. The highest BCUT2D eigenvalue weighted by Crippen LogP contribution is 2.23. The number of aromatic nitrogens is 4. The van der Waals surface area contributed by atoms with Gasteiger partial charge in [-0.1, -0.05) is 0 Å². The van der Waals surface area contributed by atoms with Crippen LogP contribution in [0, 0.1) is 12.7 Å². The predicted molar refractivity (Wildman–Crippen MR) is 90.8 cm³/mol. The molecule has 0 amide bonds. The molecule has 6 nitrogen and oxygen atoms in total. The van der Waals surface area contributed by atoms with E-state index in [-0.39, 0.29) is 5.82 Å². The Kier molecular flexibility index (Phi) is 4.24. The van der Waals surface area contributed by atoms with Gasteiger partial charge in [-0.25, -0.2) is 14.1 Å². The van der Waals surface area contributed by atoms with Crippen LogP contribution in [0.2, 0.25) is 0 Å². The number of nitrogens with zero attached hydrogens (tertiary/aromatic N) is 4. The van der Waals surface area contributed by atoms with Crippen molar-refractivity contribution in [3.05, 3.63) is 52.6 Å². The Labute approximate surface area is 140 Å². The topological polar surface area (TPSA) is 67.7 Å². The van der Waals surface area contributed by atoms with Crippen LogP contribution in [0.5, 0.6) is 0 Å². The van der Waals surface area contributed by atoms with Crippen molar-refractivity contribution in [2.45, 2.75) is 6.92 Å². The first kappa shape index (κ1) is 15.4. The molecule has 1 aromatic carbocycles. The lowest BCUT2D eigenvalue weighted by Gasteiger charge is -2.06. The summed E-state index contributed by atoms with van der Waals surface area (Å²) in [5.41, 5.74) is 2.33. The van der Waals surface area contributed by atoms with Gasteiger partial charge in [0.2, 0.25) is 5.95 Å². The van der Waals surface area contributed by atoms with Gasteiger partial charge in [-0.2, -0.15) is 10.1 Å². The maximum Gasteiger partial charge on any atom is 0.229 e. The van der Waals surface area contributed by atoms with Crippen LogP contribution in [0.3, 0.4) is 0 Å². The van der Waals surface area contributed by atoms with Crippen molar-refractivity contribution in [3.8, 4) is 5.69 Å². The van der Waals surface area contributed by atoms with E-state index in [4.69, 9.17) is 0 Å². The van der Waals surface area contributed by atoms with Crippen LogP contribution in [-0.2, 0) is 0 Å². The first-order valence-corrected chi connectivity index (χ1v) is 7.65. The molecule has 0 aliphatic rings. The SMILES string of the molecule is CNc1nc(Nc2cn(-c3ccc(F)cc3)nc2C)ncc1Br. The molecular formula is C15H14BrFN6. The van der Waals surface area contributed by atoms with Crippen LogP contribution in [0.15, 0.2) is 41.1 Å². The molecule has 0 fully saturated rings. The van der Waals surface area contributed by atoms with Gasteiger partial charge in [-0.3, -0.25) is 0 Å². The summed E-state index contributed by atoms with van der Waals surface area (Å²) < 4.78 is 15.5. The summed E-state index contributed by atoms with van der Waals surface area (Å²) in [6.07, 6.45) is 3.48. The third-order valence-corrected chi connectivity index (χ3v) is 3.80. The summed E-state index contributed by atoms with van der Waals surface area (Å²) in [5.74, 6) is 0.865. The largest absolute Gasteiger partial charge is 0.372 e. The minimum atomic E-state index is -0.279. The Hall–Kier alpha value is -2.48. The van der Waals surface area contributed by atoms with Crippen LogP contribution < -0.4 is 10.6 Å². The lowest BCUT2D eigenvalue weighted by atomic mass is 10.3. The highest BCUT2D eigenvalue weighted by Gasteiger charge is 2.09. The smallest absolute Gasteiger partial charge is 0.229 e. The van der Waals surface area contributed by atoms with Gasteiger partial charge < -0.3 is 10.6 Å². The van der Waals surface area contributed by atoms with Gasteiger partial charge in [0.1, 0.15) is 11.6 Å². The number of hydrogen-bond donors (Lipinski definition) is 2. The quantitative estimate of drug-likeness (QED) is 0.727. The predicted octanol–water partition coefficient (Wildman–Crippen LogP) is 3.66. The summed E-state index contributed by atoms with van der Waals surface area (Å²) in [4.78, 5) is 8.58. The minimum Gasteiger partial charge on any atom is -0.372 e. The monoisotopic (exact) mass is 376 g/mol. The Morgan fingerprint density at radius 3 is 2.65 bits per heavy atom. The van der Waals surface area contributed by atoms with E-state index in [0.29, 0.717) is 11.8 Å². The maximum atomic E-state index is 13.0. The van der Waals surface area contributed by atoms with Crippen LogP contribution in [0.1, 0.15) is 5.69 Å². The first-order valence-electron chi connectivity index (χ1n) is 6.86. The van der Waals surface area contributed by atoms with Crippen molar-refractivity contribution in [1.82, 2.24) is 19.7 Å². The van der Waals surface area contributed by atoms with E-state index in [2.05, 4.69) is 41.6 Å². The standard InChI is InChI=1S/C15H14BrFN6/c1-9-13(20-15-19-7-12(16)14(18-2)21-15)8-23(22-9)11-5-3-10(17)4-6-11/h3-8H,1-2H3,(H2,18,19,20,21). The molecule has 23 heavy (non-hydrogen) atoms. The fraction of sp³-hybridized carbons (Fsp3) is 0.133. The van der Waals surface area contributed by atoms with Gasteiger partial charge in [-0.15, -0.1) is 0 Å². The molecule has 0 bridgehead atoms. The number of halogens is 2. The number of anilines is 3. The average Bonchev–Trinajstić information content (AvgIpc) is 2.91. The van der Waals surface area contributed by atoms with Crippen LogP contribution >= 0.6 is 15.9 Å². The van der Waals surface area contributed by atoms with Crippen molar-refractivity contribution in [3.63, 3.8) is 0 Å². The lowest BCUT2D eigenvalue weighted by molar-refractivity contribution is 0.627. The summed E-state index contributed by atoms with van der Waals surface area (Å²) >= 11 is 3.37. The zero-order valence-electron chi connectivity index (χ0n) is 12.5. The van der Waals surface area contributed by atoms with Gasteiger partial charge in [0.25, 0.3) is 0 Å². The third-order valence-electron chi connectivity index (χ3n) is 3.22. The number of benzene rings is 1. The molecule has 0 saturated heterocycles. The Morgan fingerprint density at radius 2 is 1.96 bits per heavy atom.